The zero-order chi connectivity index (χ0) is 20.8. The van der Waals surface area contributed by atoms with Crippen molar-refractivity contribution < 1.29 is 19.5 Å². The fourth-order valence-corrected chi connectivity index (χ4v) is 3.57. The van der Waals surface area contributed by atoms with E-state index in [0.717, 1.165) is 19.3 Å². The maximum atomic E-state index is 12.3. The first-order chi connectivity index (χ1) is 14.0. The molecule has 9 nitrogen and oxygen atoms in total. The Bertz CT molecular complexity index is 902. The lowest BCUT2D eigenvalue weighted by Crippen LogP contribution is -2.33. The number of ether oxygens (including phenoxy) is 1. The first kappa shape index (κ1) is 21.5. The van der Waals surface area contributed by atoms with E-state index in [1.165, 1.54) is 36.4 Å². The van der Waals surface area contributed by atoms with Gasteiger partial charge in [-0.05, 0) is 6.42 Å². The summed E-state index contributed by atoms with van der Waals surface area (Å²) in [7, 11) is 0. The Morgan fingerprint density at radius 2 is 2.00 bits per heavy atom. The highest BCUT2D eigenvalue weighted by atomic mass is 16.5. The Hall–Kier alpha value is -2.23. The molecule has 3 atom stereocenters. The predicted molar refractivity (Wildman–Crippen MR) is 106 cm³/mol. The van der Waals surface area contributed by atoms with Crippen LogP contribution in [0.15, 0.2) is 26.4 Å². The van der Waals surface area contributed by atoms with Crippen molar-refractivity contribution in [1.82, 2.24) is 14.7 Å². The van der Waals surface area contributed by atoms with E-state index >= 15 is 0 Å². The zero-order valence-electron chi connectivity index (χ0n) is 16.7. The molecule has 160 valence electrons. The second-order valence-corrected chi connectivity index (χ2v) is 7.52. The van der Waals surface area contributed by atoms with Crippen LogP contribution in [0.25, 0.3) is 11.3 Å². The molecule has 1 fully saturated rings. The fourth-order valence-electron chi connectivity index (χ4n) is 3.57. The van der Waals surface area contributed by atoms with Crippen LogP contribution in [-0.2, 0) is 11.2 Å². The molecule has 9 heteroatoms. The quantitative estimate of drug-likeness (QED) is 0.511. The number of aliphatic hydroxyl groups is 2. The average molecular weight is 407 g/mol. The molecule has 0 saturated carbocycles. The van der Waals surface area contributed by atoms with E-state index in [9.17, 15) is 19.8 Å². The molecular weight excluding hydrogens is 378 g/mol. The van der Waals surface area contributed by atoms with Crippen LogP contribution < -0.4 is 11.2 Å². The smallest absolute Gasteiger partial charge is 0.330 e. The molecule has 1 aliphatic heterocycles. The van der Waals surface area contributed by atoms with E-state index in [2.05, 4.69) is 17.1 Å². The maximum absolute atomic E-state index is 12.3. The van der Waals surface area contributed by atoms with Crippen molar-refractivity contribution in [1.29, 1.82) is 0 Å². The van der Waals surface area contributed by atoms with Gasteiger partial charge in [-0.3, -0.25) is 14.3 Å². The zero-order valence-corrected chi connectivity index (χ0v) is 16.7. The van der Waals surface area contributed by atoms with E-state index in [0.29, 0.717) is 11.5 Å². The summed E-state index contributed by atoms with van der Waals surface area (Å²) >= 11 is 0. The minimum atomic E-state index is -0.886. The van der Waals surface area contributed by atoms with Crippen molar-refractivity contribution >= 4 is 0 Å². The number of H-pyrrole nitrogens is 1. The molecule has 3 rings (SSSR count). The average Bonchev–Trinajstić information content (AvgIpc) is 3.31. The maximum Gasteiger partial charge on any atom is 0.330 e. The number of aromatic amines is 1. The van der Waals surface area contributed by atoms with Crippen molar-refractivity contribution in [3.8, 4) is 11.3 Å². The molecule has 3 N–H and O–H groups in total. The van der Waals surface area contributed by atoms with Crippen molar-refractivity contribution in [2.75, 3.05) is 6.61 Å². The van der Waals surface area contributed by atoms with Crippen molar-refractivity contribution in [3.05, 3.63) is 38.9 Å². The number of aromatic nitrogens is 3. The van der Waals surface area contributed by atoms with Gasteiger partial charge in [0.2, 0.25) is 0 Å². The summed E-state index contributed by atoms with van der Waals surface area (Å²) in [6.45, 7) is 1.83. The second kappa shape index (κ2) is 10.00. The topological polar surface area (TPSA) is 131 Å². The number of nitrogens with one attached hydrogen (secondary N) is 1. The fraction of sp³-hybridized carbons (Fsp3) is 0.650. The molecule has 0 aromatic carbocycles. The highest BCUT2D eigenvalue weighted by Crippen LogP contribution is 2.28. The van der Waals surface area contributed by atoms with Crippen LogP contribution in [0, 0.1) is 0 Å². The van der Waals surface area contributed by atoms with Crippen LogP contribution in [0.4, 0.5) is 0 Å². The van der Waals surface area contributed by atoms with Crippen LogP contribution in [0.5, 0.6) is 0 Å². The number of hydrogen-bond acceptors (Lipinski definition) is 7. The molecule has 2 aromatic rings. The molecule has 0 unspecified atom stereocenters. The molecule has 1 aliphatic rings. The molecule has 3 heterocycles. The molecule has 1 saturated heterocycles. The molecule has 0 amide bonds. The first-order valence-corrected chi connectivity index (χ1v) is 10.3. The molecule has 0 bridgehead atoms. The molecule has 0 radical (unpaired) electrons. The lowest BCUT2D eigenvalue weighted by atomic mass is 10.1. The van der Waals surface area contributed by atoms with Crippen LogP contribution in [-0.4, -0.2) is 43.7 Å². The predicted octanol–water partition coefficient (Wildman–Crippen LogP) is 1.74. The van der Waals surface area contributed by atoms with Gasteiger partial charge in [-0.2, -0.15) is 0 Å². The summed E-state index contributed by atoms with van der Waals surface area (Å²) < 4.78 is 12.1. The normalized spacial score (nSPS) is 21.7. The number of nitrogens with zero attached hydrogens (tertiary/aromatic N) is 2. The lowest BCUT2D eigenvalue weighted by molar-refractivity contribution is -0.0458. The Balaban J connectivity index is 1.70. The summed E-state index contributed by atoms with van der Waals surface area (Å²) in [5, 5.41) is 23.1. The van der Waals surface area contributed by atoms with Crippen LogP contribution >= 0.6 is 0 Å². The van der Waals surface area contributed by atoms with Crippen molar-refractivity contribution in [3.63, 3.8) is 0 Å². The van der Waals surface area contributed by atoms with E-state index in [1.54, 1.807) is 6.07 Å². The molecule has 0 spiro atoms. The Morgan fingerprint density at radius 1 is 1.24 bits per heavy atom. The van der Waals surface area contributed by atoms with E-state index < -0.39 is 29.7 Å². The van der Waals surface area contributed by atoms with Crippen LogP contribution in [0.2, 0.25) is 0 Å². The number of hydrogen-bond donors (Lipinski definition) is 3. The van der Waals surface area contributed by atoms with Gasteiger partial charge in [-0.15, -0.1) is 0 Å². The summed E-state index contributed by atoms with van der Waals surface area (Å²) in [5.41, 5.74) is -0.681. The standard InChI is InChI=1S/C20H29N3O6/c1-2-3-4-5-6-7-8-13-9-15(22-29-13)14-11-23(20(27)21-19(14)26)18-10-16(25)17(12-24)28-18/h9,11,16-18,24-25H,2-8,10,12H2,1H3,(H,21,26,27)/t16-,17+,18+/m0/s1. The number of aryl methyl sites for hydroxylation is 1. The van der Waals surface area contributed by atoms with Gasteiger partial charge in [0.1, 0.15) is 23.8 Å². The second-order valence-electron chi connectivity index (χ2n) is 7.52. The Morgan fingerprint density at radius 3 is 2.72 bits per heavy atom. The third-order valence-electron chi connectivity index (χ3n) is 5.27. The Kier molecular flexibility index (Phi) is 7.40. The van der Waals surface area contributed by atoms with Crippen LogP contribution in [0.1, 0.15) is 63.9 Å². The monoisotopic (exact) mass is 407 g/mol. The molecule has 2 aromatic heterocycles. The van der Waals surface area contributed by atoms with E-state index in [1.807, 2.05) is 0 Å². The number of aliphatic hydroxyl groups excluding tert-OH is 2. The van der Waals surface area contributed by atoms with Crippen molar-refractivity contribution in [2.24, 2.45) is 0 Å². The first-order valence-electron chi connectivity index (χ1n) is 10.3. The number of rotatable bonds is 10. The van der Waals surface area contributed by atoms with Gasteiger partial charge in [0, 0.05) is 25.1 Å². The SMILES string of the molecule is CCCCCCCCc1cc(-c2cn([C@H]3C[C@H](O)[C@@H](CO)O3)c(=O)[nH]c2=O)no1. The van der Waals surface area contributed by atoms with Gasteiger partial charge >= 0.3 is 5.69 Å². The van der Waals surface area contributed by atoms with Crippen molar-refractivity contribution in [2.45, 2.75) is 76.7 Å². The summed E-state index contributed by atoms with van der Waals surface area (Å²) in [5.74, 6) is 0.695. The van der Waals surface area contributed by atoms with Gasteiger partial charge in [-0.25, -0.2) is 4.79 Å². The summed E-state index contributed by atoms with van der Waals surface area (Å²) in [6, 6.07) is 1.71. The van der Waals surface area contributed by atoms with Gasteiger partial charge in [-0.1, -0.05) is 44.2 Å². The Labute approximate surface area is 168 Å². The largest absolute Gasteiger partial charge is 0.394 e. The van der Waals surface area contributed by atoms with Crippen LogP contribution in [0.3, 0.4) is 0 Å². The lowest BCUT2D eigenvalue weighted by Gasteiger charge is -2.14. The van der Waals surface area contributed by atoms with Gasteiger partial charge in [0.15, 0.2) is 0 Å². The molecule has 0 aliphatic carbocycles. The van der Waals surface area contributed by atoms with Gasteiger partial charge in [0.25, 0.3) is 5.56 Å². The molecular formula is C20H29N3O6. The third-order valence-corrected chi connectivity index (χ3v) is 5.27. The van der Waals surface area contributed by atoms with Gasteiger partial charge < -0.3 is 19.5 Å². The van der Waals surface area contributed by atoms with E-state index in [4.69, 9.17) is 9.26 Å². The molecule has 29 heavy (non-hydrogen) atoms. The minimum Gasteiger partial charge on any atom is -0.394 e. The minimum absolute atomic E-state index is 0.138. The van der Waals surface area contributed by atoms with Gasteiger partial charge in [0.05, 0.1) is 18.3 Å². The number of unbranched alkanes of at least 4 members (excludes halogenated alkanes) is 5. The third kappa shape index (κ3) is 5.23. The summed E-state index contributed by atoms with van der Waals surface area (Å²) in [4.78, 5) is 26.7. The highest BCUT2D eigenvalue weighted by Gasteiger charge is 2.35. The van der Waals surface area contributed by atoms with E-state index in [-0.39, 0.29) is 18.6 Å². The highest BCUT2D eigenvalue weighted by molar-refractivity contribution is 5.56. The summed E-state index contributed by atoms with van der Waals surface area (Å²) in [6.07, 6.45) is 6.84.